The van der Waals surface area contributed by atoms with Crippen molar-refractivity contribution in [2.75, 3.05) is 13.1 Å². The van der Waals surface area contributed by atoms with E-state index < -0.39 is 0 Å². The van der Waals surface area contributed by atoms with E-state index in [1.165, 1.54) is 0 Å². The molecule has 2 heterocycles. The quantitative estimate of drug-likeness (QED) is 0.858. The molecule has 1 aromatic rings. The molecule has 1 atom stereocenters. The molecular formula is C13H20N2O2. The molecule has 0 spiro atoms. The lowest BCUT2D eigenvalue weighted by atomic mass is 10.1. The number of nitrogens with zero attached hydrogens (tertiary/aromatic N) is 1. The highest BCUT2D eigenvalue weighted by molar-refractivity contribution is 5.75. The first-order chi connectivity index (χ1) is 8.08. The Morgan fingerprint density at radius 1 is 1.41 bits per heavy atom. The minimum absolute atomic E-state index is 0.000509. The lowest BCUT2D eigenvalue weighted by Crippen LogP contribution is -2.39. The van der Waals surface area contributed by atoms with Gasteiger partial charge in [0.2, 0.25) is 0 Å². The zero-order valence-corrected chi connectivity index (χ0v) is 10.7. The highest BCUT2D eigenvalue weighted by Crippen LogP contribution is 2.21. The number of furan rings is 1. The van der Waals surface area contributed by atoms with Gasteiger partial charge in [0.05, 0.1) is 6.04 Å². The zero-order valence-electron chi connectivity index (χ0n) is 10.7. The maximum atomic E-state index is 11.9. The Morgan fingerprint density at radius 3 is 2.59 bits per heavy atom. The summed E-state index contributed by atoms with van der Waals surface area (Å²) in [7, 11) is 0. The standard InChI is InChI=1S/C13H20N2O2/c1-9-8-12(11(3)17-9)10(2)14-13(16)15-6-4-5-7-15/h8,10H,4-7H2,1-3H3,(H,14,16). The normalized spacial score (nSPS) is 17.2. The SMILES string of the molecule is Cc1cc(C(C)NC(=O)N2CCCC2)c(C)o1. The minimum Gasteiger partial charge on any atom is -0.466 e. The first kappa shape index (κ1) is 12.0. The molecule has 1 fully saturated rings. The zero-order chi connectivity index (χ0) is 12.4. The van der Waals surface area contributed by atoms with Gasteiger partial charge in [-0.2, -0.15) is 0 Å². The predicted octanol–water partition coefficient (Wildman–Crippen LogP) is 2.76. The van der Waals surface area contributed by atoms with Gasteiger partial charge in [-0.15, -0.1) is 0 Å². The van der Waals surface area contributed by atoms with Crippen LogP contribution in [-0.4, -0.2) is 24.0 Å². The Morgan fingerprint density at radius 2 is 2.06 bits per heavy atom. The predicted molar refractivity (Wildman–Crippen MR) is 65.9 cm³/mol. The molecule has 1 unspecified atom stereocenters. The molecular weight excluding hydrogens is 216 g/mol. The van der Waals surface area contributed by atoms with Gasteiger partial charge in [0.15, 0.2) is 0 Å². The van der Waals surface area contributed by atoms with Crippen molar-refractivity contribution in [2.45, 2.75) is 39.7 Å². The van der Waals surface area contributed by atoms with Crippen LogP contribution in [-0.2, 0) is 0 Å². The molecule has 2 amide bonds. The van der Waals surface area contributed by atoms with E-state index in [0.29, 0.717) is 0 Å². The number of nitrogens with one attached hydrogen (secondary N) is 1. The Bertz CT molecular complexity index is 406. The molecule has 0 aliphatic carbocycles. The molecule has 1 aliphatic heterocycles. The molecule has 0 aromatic carbocycles. The maximum Gasteiger partial charge on any atom is 0.317 e. The highest BCUT2D eigenvalue weighted by atomic mass is 16.3. The second-order valence-corrected chi connectivity index (χ2v) is 4.73. The summed E-state index contributed by atoms with van der Waals surface area (Å²) in [6.45, 7) is 7.60. The Balaban J connectivity index is 1.98. The van der Waals surface area contributed by atoms with E-state index in [1.54, 1.807) is 0 Å². The number of aryl methyl sites for hydroxylation is 2. The summed E-state index contributed by atoms with van der Waals surface area (Å²) in [5.41, 5.74) is 1.06. The summed E-state index contributed by atoms with van der Waals surface area (Å²) >= 11 is 0. The van der Waals surface area contributed by atoms with Gasteiger partial charge in [-0.1, -0.05) is 0 Å². The van der Waals surface area contributed by atoms with Crippen molar-refractivity contribution in [1.29, 1.82) is 0 Å². The Kier molecular flexibility index (Phi) is 3.41. The first-order valence-corrected chi connectivity index (χ1v) is 6.20. The molecule has 17 heavy (non-hydrogen) atoms. The summed E-state index contributed by atoms with van der Waals surface area (Å²) in [5, 5.41) is 3.02. The molecule has 0 radical (unpaired) electrons. The second-order valence-electron chi connectivity index (χ2n) is 4.73. The van der Waals surface area contributed by atoms with Gasteiger partial charge >= 0.3 is 6.03 Å². The van der Waals surface area contributed by atoms with E-state index in [-0.39, 0.29) is 12.1 Å². The van der Waals surface area contributed by atoms with Crippen LogP contribution in [0.15, 0.2) is 10.5 Å². The van der Waals surface area contributed by atoms with Crippen LogP contribution in [0.3, 0.4) is 0 Å². The van der Waals surface area contributed by atoms with E-state index in [9.17, 15) is 4.79 Å². The summed E-state index contributed by atoms with van der Waals surface area (Å²) in [5.74, 6) is 1.77. The van der Waals surface area contributed by atoms with E-state index in [4.69, 9.17) is 4.42 Å². The van der Waals surface area contributed by atoms with Gasteiger partial charge in [-0.3, -0.25) is 0 Å². The fraction of sp³-hybridized carbons (Fsp3) is 0.615. The molecule has 1 aromatic heterocycles. The molecule has 4 nitrogen and oxygen atoms in total. The van der Waals surface area contributed by atoms with E-state index in [1.807, 2.05) is 31.7 Å². The topological polar surface area (TPSA) is 45.5 Å². The van der Waals surface area contributed by atoms with Gasteiger partial charge in [-0.05, 0) is 39.7 Å². The average Bonchev–Trinajstić information content (AvgIpc) is 2.87. The van der Waals surface area contributed by atoms with Crippen LogP contribution in [0.25, 0.3) is 0 Å². The van der Waals surface area contributed by atoms with E-state index in [0.717, 1.165) is 43.0 Å². The van der Waals surface area contributed by atoms with Crippen molar-refractivity contribution in [3.8, 4) is 0 Å². The summed E-state index contributed by atoms with van der Waals surface area (Å²) in [6, 6.07) is 2.03. The van der Waals surface area contributed by atoms with Crippen molar-refractivity contribution < 1.29 is 9.21 Å². The lowest BCUT2D eigenvalue weighted by molar-refractivity contribution is 0.205. The molecule has 0 saturated carbocycles. The first-order valence-electron chi connectivity index (χ1n) is 6.20. The molecule has 4 heteroatoms. The highest BCUT2D eigenvalue weighted by Gasteiger charge is 2.21. The van der Waals surface area contributed by atoms with Crippen LogP contribution < -0.4 is 5.32 Å². The third-order valence-corrected chi connectivity index (χ3v) is 3.28. The number of urea groups is 1. The van der Waals surface area contributed by atoms with Crippen molar-refractivity contribution >= 4 is 6.03 Å². The van der Waals surface area contributed by atoms with E-state index >= 15 is 0 Å². The number of amides is 2. The van der Waals surface area contributed by atoms with E-state index in [2.05, 4.69) is 5.32 Å². The van der Waals surface area contributed by atoms with Crippen LogP contribution in [0, 0.1) is 13.8 Å². The van der Waals surface area contributed by atoms with Gasteiger partial charge in [0.1, 0.15) is 11.5 Å². The number of carbonyl (C=O) groups excluding carboxylic acids is 1. The number of likely N-dealkylation sites (tertiary alicyclic amines) is 1. The molecule has 0 bridgehead atoms. The van der Waals surface area contributed by atoms with Crippen LogP contribution in [0.2, 0.25) is 0 Å². The molecule has 1 aliphatic rings. The van der Waals surface area contributed by atoms with Crippen molar-refractivity contribution in [2.24, 2.45) is 0 Å². The molecule has 1 N–H and O–H groups in total. The Hall–Kier alpha value is -1.45. The third kappa shape index (κ3) is 2.62. The van der Waals surface area contributed by atoms with Gasteiger partial charge in [0, 0.05) is 18.7 Å². The summed E-state index contributed by atoms with van der Waals surface area (Å²) in [6.07, 6.45) is 2.23. The second kappa shape index (κ2) is 4.82. The van der Waals surface area contributed by atoms with Crippen molar-refractivity contribution in [3.63, 3.8) is 0 Å². The third-order valence-electron chi connectivity index (χ3n) is 3.28. The lowest BCUT2D eigenvalue weighted by Gasteiger charge is -2.20. The number of carbonyl (C=O) groups is 1. The van der Waals surface area contributed by atoms with Crippen LogP contribution in [0.4, 0.5) is 4.79 Å². The van der Waals surface area contributed by atoms with Crippen LogP contribution in [0.5, 0.6) is 0 Å². The monoisotopic (exact) mass is 236 g/mol. The summed E-state index contributed by atoms with van der Waals surface area (Å²) in [4.78, 5) is 13.8. The van der Waals surface area contributed by atoms with Crippen LogP contribution >= 0.6 is 0 Å². The average molecular weight is 236 g/mol. The molecule has 2 rings (SSSR count). The smallest absolute Gasteiger partial charge is 0.317 e. The molecule has 94 valence electrons. The summed E-state index contributed by atoms with van der Waals surface area (Å²) < 4.78 is 5.48. The fourth-order valence-electron chi connectivity index (χ4n) is 2.35. The van der Waals surface area contributed by atoms with Gasteiger partial charge in [0.25, 0.3) is 0 Å². The van der Waals surface area contributed by atoms with Crippen molar-refractivity contribution in [3.05, 3.63) is 23.2 Å². The number of rotatable bonds is 2. The van der Waals surface area contributed by atoms with Crippen LogP contribution in [0.1, 0.15) is 42.9 Å². The number of hydrogen-bond acceptors (Lipinski definition) is 2. The fourth-order valence-corrected chi connectivity index (χ4v) is 2.35. The maximum absolute atomic E-state index is 11.9. The number of hydrogen-bond donors (Lipinski definition) is 1. The van der Waals surface area contributed by atoms with Gasteiger partial charge < -0.3 is 14.6 Å². The van der Waals surface area contributed by atoms with Gasteiger partial charge in [-0.25, -0.2) is 4.79 Å². The van der Waals surface area contributed by atoms with Crippen molar-refractivity contribution in [1.82, 2.24) is 10.2 Å². The Labute approximate surface area is 102 Å². The molecule has 1 saturated heterocycles. The minimum atomic E-state index is 0.000509. The largest absolute Gasteiger partial charge is 0.466 e.